The lowest BCUT2D eigenvalue weighted by molar-refractivity contribution is 0.231. The van der Waals surface area contributed by atoms with E-state index < -0.39 is 0 Å². The zero-order valence-electron chi connectivity index (χ0n) is 13.3. The van der Waals surface area contributed by atoms with Gasteiger partial charge in [0, 0.05) is 18.2 Å². The van der Waals surface area contributed by atoms with E-state index in [0.29, 0.717) is 18.5 Å². The molecule has 1 unspecified atom stereocenters. The SMILES string of the molecule is CC(C)CNCCCC(C)N(C)Cc1ccccc1F. The van der Waals surface area contributed by atoms with Gasteiger partial charge >= 0.3 is 0 Å². The van der Waals surface area contributed by atoms with Crippen molar-refractivity contribution < 1.29 is 4.39 Å². The standard InChI is InChI=1S/C17H29FN2/c1-14(2)12-19-11-7-8-15(3)20(4)13-16-9-5-6-10-17(16)18/h5-6,9-10,14-15,19H,7-8,11-13H2,1-4H3. The van der Waals surface area contributed by atoms with Gasteiger partial charge in [0.15, 0.2) is 0 Å². The minimum Gasteiger partial charge on any atom is -0.316 e. The van der Waals surface area contributed by atoms with Crippen LogP contribution in [0.4, 0.5) is 4.39 Å². The van der Waals surface area contributed by atoms with Crippen LogP contribution in [-0.2, 0) is 6.54 Å². The van der Waals surface area contributed by atoms with Crippen molar-refractivity contribution in [1.82, 2.24) is 10.2 Å². The third-order valence-electron chi connectivity index (χ3n) is 3.66. The van der Waals surface area contributed by atoms with Crippen LogP contribution >= 0.6 is 0 Å². The molecule has 3 heteroatoms. The number of halogens is 1. The zero-order chi connectivity index (χ0) is 15.0. The Hall–Kier alpha value is -0.930. The van der Waals surface area contributed by atoms with Crippen LogP contribution in [0.15, 0.2) is 24.3 Å². The van der Waals surface area contributed by atoms with Gasteiger partial charge < -0.3 is 5.32 Å². The van der Waals surface area contributed by atoms with Gasteiger partial charge in [-0.05, 0) is 51.9 Å². The first-order valence-electron chi connectivity index (χ1n) is 7.65. The summed E-state index contributed by atoms with van der Waals surface area (Å²) >= 11 is 0. The maximum atomic E-state index is 13.6. The molecule has 0 amide bonds. The van der Waals surface area contributed by atoms with Crippen molar-refractivity contribution in [2.45, 2.75) is 46.2 Å². The summed E-state index contributed by atoms with van der Waals surface area (Å²) in [4.78, 5) is 2.22. The predicted molar refractivity (Wildman–Crippen MR) is 84.3 cm³/mol. The topological polar surface area (TPSA) is 15.3 Å². The van der Waals surface area contributed by atoms with E-state index in [1.165, 1.54) is 6.07 Å². The summed E-state index contributed by atoms with van der Waals surface area (Å²) in [5.41, 5.74) is 0.778. The number of hydrogen-bond acceptors (Lipinski definition) is 2. The molecular weight excluding hydrogens is 251 g/mol. The van der Waals surface area contributed by atoms with E-state index in [-0.39, 0.29) is 5.82 Å². The number of benzene rings is 1. The molecule has 1 N–H and O–H groups in total. The van der Waals surface area contributed by atoms with Crippen LogP contribution in [0.25, 0.3) is 0 Å². The van der Waals surface area contributed by atoms with Crippen LogP contribution in [-0.4, -0.2) is 31.1 Å². The van der Waals surface area contributed by atoms with E-state index in [9.17, 15) is 4.39 Å². The maximum Gasteiger partial charge on any atom is 0.127 e. The van der Waals surface area contributed by atoms with Crippen LogP contribution < -0.4 is 5.32 Å². The summed E-state index contributed by atoms with van der Waals surface area (Å²) in [6.45, 7) is 9.47. The Morgan fingerprint density at radius 3 is 2.55 bits per heavy atom. The number of hydrogen-bond donors (Lipinski definition) is 1. The van der Waals surface area contributed by atoms with Crippen molar-refractivity contribution >= 4 is 0 Å². The maximum absolute atomic E-state index is 13.6. The van der Waals surface area contributed by atoms with Gasteiger partial charge in [-0.3, -0.25) is 4.90 Å². The minimum atomic E-state index is -0.106. The monoisotopic (exact) mass is 280 g/mol. The Morgan fingerprint density at radius 1 is 1.20 bits per heavy atom. The summed E-state index contributed by atoms with van der Waals surface area (Å²) in [5, 5.41) is 3.46. The Kier molecular flexibility index (Phi) is 7.78. The van der Waals surface area contributed by atoms with E-state index in [0.717, 1.165) is 31.5 Å². The van der Waals surface area contributed by atoms with Crippen LogP contribution in [0, 0.1) is 11.7 Å². The molecule has 0 fully saturated rings. The highest BCUT2D eigenvalue weighted by molar-refractivity contribution is 5.17. The molecule has 0 aromatic heterocycles. The van der Waals surface area contributed by atoms with Gasteiger partial charge in [0.05, 0.1) is 0 Å². The van der Waals surface area contributed by atoms with Crippen molar-refractivity contribution in [2.75, 3.05) is 20.1 Å². The van der Waals surface area contributed by atoms with Crippen molar-refractivity contribution in [3.05, 3.63) is 35.6 Å². The van der Waals surface area contributed by atoms with Crippen LogP contribution in [0.2, 0.25) is 0 Å². The highest BCUT2D eigenvalue weighted by Gasteiger charge is 2.11. The molecule has 0 aliphatic rings. The molecule has 114 valence electrons. The second kappa shape index (κ2) is 9.09. The highest BCUT2D eigenvalue weighted by Crippen LogP contribution is 2.12. The van der Waals surface area contributed by atoms with Crippen LogP contribution in [0.5, 0.6) is 0 Å². The fraction of sp³-hybridized carbons (Fsp3) is 0.647. The summed E-state index contributed by atoms with van der Waals surface area (Å²) in [6, 6.07) is 7.50. The number of nitrogens with one attached hydrogen (secondary N) is 1. The average Bonchev–Trinajstić information content (AvgIpc) is 2.40. The normalized spacial score (nSPS) is 13.2. The average molecular weight is 280 g/mol. The molecule has 0 aliphatic heterocycles. The van der Waals surface area contributed by atoms with Gasteiger partial charge in [-0.1, -0.05) is 32.0 Å². The van der Waals surface area contributed by atoms with Crippen LogP contribution in [0.1, 0.15) is 39.2 Å². The second-order valence-corrected chi connectivity index (χ2v) is 6.10. The molecule has 20 heavy (non-hydrogen) atoms. The molecular formula is C17H29FN2. The first-order chi connectivity index (χ1) is 9.50. The zero-order valence-corrected chi connectivity index (χ0v) is 13.3. The lowest BCUT2D eigenvalue weighted by Gasteiger charge is -2.25. The molecule has 2 nitrogen and oxygen atoms in total. The molecule has 0 saturated heterocycles. The molecule has 1 aromatic carbocycles. The quantitative estimate of drug-likeness (QED) is 0.694. The first kappa shape index (κ1) is 17.1. The third kappa shape index (κ3) is 6.49. The van der Waals surface area contributed by atoms with Crippen molar-refractivity contribution in [3.8, 4) is 0 Å². The number of rotatable bonds is 9. The lowest BCUT2D eigenvalue weighted by atomic mass is 10.1. The minimum absolute atomic E-state index is 0.106. The Morgan fingerprint density at radius 2 is 1.90 bits per heavy atom. The largest absolute Gasteiger partial charge is 0.316 e. The van der Waals surface area contributed by atoms with Crippen molar-refractivity contribution in [1.29, 1.82) is 0 Å². The van der Waals surface area contributed by atoms with E-state index in [1.807, 2.05) is 12.1 Å². The van der Waals surface area contributed by atoms with Crippen molar-refractivity contribution in [3.63, 3.8) is 0 Å². The van der Waals surface area contributed by atoms with E-state index in [1.54, 1.807) is 6.07 Å². The fourth-order valence-electron chi connectivity index (χ4n) is 2.18. The van der Waals surface area contributed by atoms with E-state index in [2.05, 4.69) is 38.0 Å². The molecule has 1 atom stereocenters. The first-order valence-corrected chi connectivity index (χ1v) is 7.65. The molecule has 0 heterocycles. The van der Waals surface area contributed by atoms with E-state index >= 15 is 0 Å². The molecule has 1 aromatic rings. The van der Waals surface area contributed by atoms with Gasteiger partial charge in [-0.2, -0.15) is 0 Å². The van der Waals surface area contributed by atoms with Gasteiger partial charge in [-0.25, -0.2) is 4.39 Å². The Labute approximate surface area is 123 Å². The molecule has 0 bridgehead atoms. The van der Waals surface area contributed by atoms with Crippen molar-refractivity contribution in [2.24, 2.45) is 5.92 Å². The van der Waals surface area contributed by atoms with Gasteiger partial charge in [0.2, 0.25) is 0 Å². The molecule has 1 rings (SSSR count). The molecule has 0 saturated carbocycles. The summed E-state index contributed by atoms with van der Waals surface area (Å²) in [5.74, 6) is 0.598. The third-order valence-corrected chi connectivity index (χ3v) is 3.66. The number of nitrogens with zero attached hydrogens (tertiary/aromatic N) is 1. The molecule has 0 radical (unpaired) electrons. The smallest absolute Gasteiger partial charge is 0.127 e. The summed E-state index contributed by atoms with van der Waals surface area (Å²) < 4.78 is 13.6. The predicted octanol–water partition coefficient (Wildman–Crippen LogP) is 3.67. The summed E-state index contributed by atoms with van der Waals surface area (Å²) in [7, 11) is 2.07. The highest BCUT2D eigenvalue weighted by atomic mass is 19.1. The lowest BCUT2D eigenvalue weighted by Crippen LogP contribution is -2.30. The van der Waals surface area contributed by atoms with E-state index in [4.69, 9.17) is 0 Å². The second-order valence-electron chi connectivity index (χ2n) is 6.10. The van der Waals surface area contributed by atoms with Gasteiger partial charge in [0.1, 0.15) is 5.82 Å². The Bertz CT molecular complexity index is 379. The van der Waals surface area contributed by atoms with Gasteiger partial charge in [-0.15, -0.1) is 0 Å². The summed E-state index contributed by atoms with van der Waals surface area (Å²) in [6.07, 6.45) is 2.30. The van der Waals surface area contributed by atoms with Gasteiger partial charge in [0.25, 0.3) is 0 Å². The molecule has 0 spiro atoms. The van der Waals surface area contributed by atoms with Crippen LogP contribution in [0.3, 0.4) is 0 Å². The molecule has 0 aliphatic carbocycles. The fourth-order valence-corrected chi connectivity index (χ4v) is 2.18. The Balaban J connectivity index is 2.25.